The maximum atomic E-state index is 6.26. The number of hydrogen-bond donors (Lipinski definition) is 1. The van der Waals surface area contributed by atoms with Gasteiger partial charge in [-0.2, -0.15) is 0 Å². The lowest BCUT2D eigenvalue weighted by atomic mass is 10.0. The Morgan fingerprint density at radius 1 is 1.15 bits per heavy atom. The molecule has 1 aromatic carbocycles. The Labute approximate surface area is 133 Å². The van der Waals surface area contributed by atoms with Gasteiger partial charge < -0.3 is 10.2 Å². The molecule has 0 amide bonds. The van der Waals surface area contributed by atoms with E-state index in [0.717, 1.165) is 54.6 Å². The summed E-state index contributed by atoms with van der Waals surface area (Å²) in [6, 6.07) is 6.14. The van der Waals surface area contributed by atoms with Crippen molar-refractivity contribution in [1.29, 1.82) is 0 Å². The Kier molecular flexibility index (Phi) is 8.55. The second-order valence-corrected chi connectivity index (χ2v) is 5.85. The van der Waals surface area contributed by atoms with E-state index in [1.165, 1.54) is 0 Å². The van der Waals surface area contributed by atoms with Gasteiger partial charge in [0.2, 0.25) is 0 Å². The number of nitrogens with zero attached hydrogens (tertiary/aromatic N) is 1. The van der Waals surface area contributed by atoms with Crippen LogP contribution in [0.5, 0.6) is 0 Å². The predicted octanol–water partition coefficient (Wildman–Crippen LogP) is 4.25. The van der Waals surface area contributed by atoms with Crippen molar-refractivity contribution >= 4 is 23.2 Å². The SMILES string of the molecule is CCNC(CCN(CC)CC)Cc1cc(Cl)ccc1Cl. The summed E-state index contributed by atoms with van der Waals surface area (Å²) in [5.74, 6) is 0. The molecule has 0 aromatic heterocycles. The van der Waals surface area contributed by atoms with Crippen molar-refractivity contribution in [1.82, 2.24) is 10.2 Å². The summed E-state index contributed by atoms with van der Waals surface area (Å²) in [5.41, 5.74) is 1.13. The Morgan fingerprint density at radius 2 is 1.85 bits per heavy atom. The highest BCUT2D eigenvalue weighted by atomic mass is 35.5. The van der Waals surface area contributed by atoms with Crippen molar-refractivity contribution in [3.8, 4) is 0 Å². The highest BCUT2D eigenvalue weighted by Crippen LogP contribution is 2.22. The molecule has 0 bridgehead atoms. The molecular formula is C16H26Cl2N2. The minimum Gasteiger partial charge on any atom is -0.314 e. The first-order chi connectivity index (χ1) is 9.60. The zero-order valence-corrected chi connectivity index (χ0v) is 14.3. The van der Waals surface area contributed by atoms with Gasteiger partial charge in [-0.25, -0.2) is 0 Å². The zero-order valence-electron chi connectivity index (χ0n) is 12.8. The van der Waals surface area contributed by atoms with Crippen molar-refractivity contribution in [2.24, 2.45) is 0 Å². The topological polar surface area (TPSA) is 15.3 Å². The molecule has 20 heavy (non-hydrogen) atoms. The normalized spacial score (nSPS) is 12.9. The van der Waals surface area contributed by atoms with Gasteiger partial charge in [-0.1, -0.05) is 44.0 Å². The summed E-state index contributed by atoms with van der Waals surface area (Å²) in [6.45, 7) is 10.9. The number of nitrogens with one attached hydrogen (secondary N) is 1. The van der Waals surface area contributed by atoms with Crippen molar-refractivity contribution < 1.29 is 0 Å². The van der Waals surface area contributed by atoms with Crippen LogP contribution in [0.15, 0.2) is 18.2 Å². The van der Waals surface area contributed by atoms with Gasteiger partial charge >= 0.3 is 0 Å². The number of halogens is 2. The molecule has 1 rings (SSSR count). The lowest BCUT2D eigenvalue weighted by Crippen LogP contribution is -2.35. The van der Waals surface area contributed by atoms with Crippen LogP contribution in [-0.4, -0.2) is 37.1 Å². The van der Waals surface area contributed by atoms with Crippen molar-refractivity contribution in [3.05, 3.63) is 33.8 Å². The molecule has 2 nitrogen and oxygen atoms in total. The summed E-state index contributed by atoms with van der Waals surface area (Å²) in [7, 11) is 0. The second-order valence-electron chi connectivity index (χ2n) is 5.01. The van der Waals surface area contributed by atoms with Crippen LogP contribution in [0.25, 0.3) is 0 Å². The molecule has 0 fully saturated rings. The summed E-state index contributed by atoms with van der Waals surface area (Å²) < 4.78 is 0. The fourth-order valence-electron chi connectivity index (χ4n) is 2.41. The fourth-order valence-corrected chi connectivity index (χ4v) is 2.80. The molecule has 0 heterocycles. The number of rotatable bonds is 9. The first-order valence-corrected chi connectivity index (χ1v) is 8.25. The summed E-state index contributed by atoms with van der Waals surface area (Å²) in [5, 5.41) is 5.11. The molecule has 1 aromatic rings. The highest BCUT2D eigenvalue weighted by molar-refractivity contribution is 6.33. The maximum Gasteiger partial charge on any atom is 0.0439 e. The van der Waals surface area contributed by atoms with Crippen LogP contribution in [-0.2, 0) is 6.42 Å². The Bertz CT molecular complexity index is 392. The second kappa shape index (κ2) is 9.62. The Morgan fingerprint density at radius 3 is 2.45 bits per heavy atom. The third kappa shape index (κ3) is 6.01. The van der Waals surface area contributed by atoms with E-state index in [1.54, 1.807) is 0 Å². The van der Waals surface area contributed by atoms with E-state index in [2.05, 4.69) is 31.0 Å². The molecule has 0 spiro atoms. The fraction of sp³-hybridized carbons (Fsp3) is 0.625. The molecular weight excluding hydrogens is 291 g/mol. The van der Waals surface area contributed by atoms with Crippen molar-refractivity contribution in [3.63, 3.8) is 0 Å². The van der Waals surface area contributed by atoms with Gasteiger partial charge in [0.05, 0.1) is 0 Å². The molecule has 4 heteroatoms. The Balaban J connectivity index is 2.64. The molecule has 1 atom stereocenters. The Hall–Kier alpha value is -0.280. The predicted molar refractivity (Wildman–Crippen MR) is 90.0 cm³/mol. The minimum atomic E-state index is 0.441. The maximum absolute atomic E-state index is 6.26. The van der Waals surface area contributed by atoms with Gasteiger partial charge in [-0.15, -0.1) is 0 Å². The van der Waals surface area contributed by atoms with E-state index in [1.807, 2.05) is 18.2 Å². The lowest BCUT2D eigenvalue weighted by Gasteiger charge is -2.23. The number of likely N-dealkylation sites (N-methyl/N-ethyl adjacent to an activating group) is 1. The largest absolute Gasteiger partial charge is 0.314 e. The standard InChI is InChI=1S/C16H26Cl2N2/c1-4-19-15(9-10-20(5-2)6-3)12-13-11-14(17)7-8-16(13)18/h7-8,11,15,19H,4-6,9-10,12H2,1-3H3. The molecule has 0 radical (unpaired) electrons. The van der Waals surface area contributed by atoms with Crippen LogP contribution < -0.4 is 5.32 Å². The van der Waals surface area contributed by atoms with Crippen LogP contribution in [0.1, 0.15) is 32.8 Å². The third-order valence-electron chi connectivity index (χ3n) is 3.66. The van der Waals surface area contributed by atoms with Crippen LogP contribution >= 0.6 is 23.2 Å². The summed E-state index contributed by atoms with van der Waals surface area (Å²) in [4.78, 5) is 2.45. The van der Waals surface area contributed by atoms with Gasteiger partial charge in [0.15, 0.2) is 0 Å². The molecule has 0 aliphatic carbocycles. The van der Waals surface area contributed by atoms with Gasteiger partial charge in [0.1, 0.15) is 0 Å². The smallest absolute Gasteiger partial charge is 0.0439 e. The van der Waals surface area contributed by atoms with Crippen molar-refractivity contribution in [2.45, 2.75) is 39.7 Å². The first-order valence-electron chi connectivity index (χ1n) is 7.50. The number of hydrogen-bond acceptors (Lipinski definition) is 2. The van der Waals surface area contributed by atoms with Crippen LogP contribution in [0.2, 0.25) is 10.0 Å². The van der Waals surface area contributed by atoms with Crippen LogP contribution in [0.4, 0.5) is 0 Å². The lowest BCUT2D eigenvalue weighted by molar-refractivity contribution is 0.281. The van der Waals surface area contributed by atoms with Crippen LogP contribution in [0.3, 0.4) is 0 Å². The average Bonchev–Trinajstić information content (AvgIpc) is 2.44. The van der Waals surface area contributed by atoms with Gasteiger partial charge in [0, 0.05) is 16.1 Å². The highest BCUT2D eigenvalue weighted by Gasteiger charge is 2.12. The average molecular weight is 317 g/mol. The van der Waals surface area contributed by atoms with Gasteiger partial charge in [-0.3, -0.25) is 0 Å². The van der Waals surface area contributed by atoms with Gasteiger partial charge in [0.25, 0.3) is 0 Å². The molecule has 1 unspecified atom stereocenters. The van der Waals surface area contributed by atoms with E-state index in [0.29, 0.717) is 6.04 Å². The molecule has 114 valence electrons. The molecule has 0 saturated heterocycles. The van der Waals surface area contributed by atoms with E-state index in [9.17, 15) is 0 Å². The summed E-state index contributed by atoms with van der Waals surface area (Å²) in [6.07, 6.45) is 2.05. The van der Waals surface area contributed by atoms with E-state index >= 15 is 0 Å². The molecule has 0 aliphatic heterocycles. The summed E-state index contributed by atoms with van der Waals surface area (Å²) >= 11 is 12.3. The zero-order chi connectivity index (χ0) is 15.0. The number of benzene rings is 1. The quantitative estimate of drug-likeness (QED) is 0.732. The van der Waals surface area contributed by atoms with Crippen LogP contribution in [0, 0.1) is 0 Å². The van der Waals surface area contributed by atoms with E-state index in [4.69, 9.17) is 23.2 Å². The molecule has 0 aliphatic rings. The monoisotopic (exact) mass is 316 g/mol. The third-order valence-corrected chi connectivity index (χ3v) is 4.26. The first kappa shape index (κ1) is 17.8. The molecule has 0 saturated carbocycles. The van der Waals surface area contributed by atoms with E-state index in [-0.39, 0.29) is 0 Å². The van der Waals surface area contributed by atoms with E-state index < -0.39 is 0 Å². The van der Waals surface area contributed by atoms with Gasteiger partial charge in [-0.05, 0) is 62.8 Å². The minimum absolute atomic E-state index is 0.441. The van der Waals surface area contributed by atoms with Crippen molar-refractivity contribution in [2.75, 3.05) is 26.2 Å². The molecule has 1 N–H and O–H groups in total.